The number of nitrogens with one attached hydrogen (secondary N) is 2. The zero-order valence-electron chi connectivity index (χ0n) is 13.2. The number of rotatable bonds is 4. The van der Waals surface area contributed by atoms with E-state index in [0.717, 1.165) is 5.56 Å². The second kappa shape index (κ2) is 6.29. The summed E-state index contributed by atoms with van der Waals surface area (Å²) in [5, 5.41) is 3.16. The lowest BCUT2D eigenvalue weighted by molar-refractivity contribution is -0.116. The highest BCUT2D eigenvalue weighted by atomic mass is 32.2. The molecular weight excluding hydrogens is 342 g/mol. The number of thioether (sulfide) groups is 1. The van der Waals surface area contributed by atoms with Gasteiger partial charge in [0.15, 0.2) is 16.7 Å². The number of aromatic amines is 1. The van der Waals surface area contributed by atoms with Crippen molar-refractivity contribution in [2.75, 3.05) is 17.9 Å². The number of fused-ring (bicyclic) bond motifs is 2. The molecule has 0 saturated carbocycles. The molecule has 7 nitrogen and oxygen atoms in total. The number of hydrogen-bond acceptors (Lipinski definition) is 6. The minimum absolute atomic E-state index is 0.173. The van der Waals surface area contributed by atoms with Crippen LogP contribution in [0.15, 0.2) is 40.8 Å². The van der Waals surface area contributed by atoms with Gasteiger partial charge in [-0.15, -0.1) is 6.58 Å². The van der Waals surface area contributed by atoms with Crippen molar-refractivity contribution in [2.24, 2.45) is 0 Å². The topological polar surface area (TPSA) is 93.3 Å². The Morgan fingerprint density at radius 3 is 3.00 bits per heavy atom. The molecule has 0 bridgehead atoms. The lowest BCUT2D eigenvalue weighted by atomic mass is 9.86. The van der Waals surface area contributed by atoms with Gasteiger partial charge in [0.2, 0.25) is 12.7 Å². The molecule has 0 saturated heterocycles. The molecule has 2 N–H and O–H groups in total. The molecule has 1 unspecified atom stereocenters. The molecular formula is C17H15N3O4S. The highest BCUT2D eigenvalue weighted by molar-refractivity contribution is 7.99. The van der Waals surface area contributed by atoms with Crippen molar-refractivity contribution in [3.8, 4) is 11.5 Å². The van der Waals surface area contributed by atoms with Crippen LogP contribution in [0.25, 0.3) is 0 Å². The van der Waals surface area contributed by atoms with Crippen LogP contribution in [0.3, 0.4) is 0 Å². The van der Waals surface area contributed by atoms with E-state index in [4.69, 9.17) is 9.47 Å². The molecule has 25 heavy (non-hydrogen) atoms. The van der Waals surface area contributed by atoms with Gasteiger partial charge in [0.05, 0.1) is 5.56 Å². The van der Waals surface area contributed by atoms with Crippen LogP contribution in [0, 0.1) is 0 Å². The molecule has 0 aliphatic carbocycles. The highest BCUT2D eigenvalue weighted by Crippen LogP contribution is 2.39. The lowest BCUT2D eigenvalue weighted by Crippen LogP contribution is -2.31. The fourth-order valence-electron chi connectivity index (χ4n) is 2.97. The number of H-pyrrole nitrogens is 1. The highest BCUT2D eigenvalue weighted by Gasteiger charge is 2.32. The van der Waals surface area contributed by atoms with E-state index >= 15 is 0 Å². The molecule has 0 fully saturated rings. The molecule has 8 heteroatoms. The Hall–Kier alpha value is -2.74. The Morgan fingerprint density at radius 2 is 2.16 bits per heavy atom. The third-order valence-corrected chi connectivity index (χ3v) is 4.94. The molecule has 4 rings (SSSR count). The monoisotopic (exact) mass is 357 g/mol. The van der Waals surface area contributed by atoms with Gasteiger partial charge in [-0.2, -0.15) is 0 Å². The number of anilines is 1. The number of carbonyl (C=O) groups excluding carboxylic acids is 1. The Balaban J connectivity index is 1.77. The van der Waals surface area contributed by atoms with Gasteiger partial charge in [-0.25, -0.2) is 4.98 Å². The van der Waals surface area contributed by atoms with E-state index in [2.05, 4.69) is 21.9 Å². The van der Waals surface area contributed by atoms with Gasteiger partial charge in [0, 0.05) is 18.1 Å². The van der Waals surface area contributed by atoms with Gasteiger partial charge in [-0.1, -0.05) is 23.9 Å². The maximum Gasteiger partial charge on any atom is 0.257 e. The summed E-state index contributed by atoms with van der Waals surface area (Å²) in [7, 11) is 0. The summed E-state index contributed by atoms with van der Waals surface area (Å²) in [6, 6.07) is 5.45. The van der Waals surface area contributed by atoms with E-state index in [9.17, 15) is 9.59 Å². The van der Waals surface area contributed by atoms with Crippen LogP contribution in [0.2, 0.25) is 0 Å². The van der Waals surface area contributed by atoms with Crippen LogP contribution in [0.1, 0.15) is 23.5 Å². The fraction of sp³-hybridized carbons (Fsp3) is 0.235. The normalized spacial score (nSPS) is 17.8. The summed E-state index contributed by atoms with van der Waals surface area (Å²) in [5.41, 5.74) is 1.03. The minimum Gasteiger partial charge on any atom is -0.454 e. The number of carbonyl (C=O) groups is 1. The molecule has 128 valence electrons. The van der Waals surface area contributed by atoms with Crippen molar-refractivity contribution >= 4 is 23.5 Å². The van der Waals surface area contributed by atoms with Crippen molar-refractivity contribution < 1.29 is 14.3 Å². The Bertz CT molecular complexity index is 925. The number of amides is 1. The summed E-state index contributed by atoms with van der Waals surface area (Å²) >= 11 is 1.35. The molecule has 1 aromatic carbocycles. The quantitative estimate of drug-likeness (QED) is 0.495. The van der Waals surface area contributed by atoms with Gasteiger partial charge in [-0.05, 0) is 17.7 Å². The van der Waals surface area contributed by atoms with Crippen LogP contribution in [-0.4, -0.2) is 28.4 Å². The van der Waals surface area contributed by atoms with Crippen molar-refractivity contribution in [3.05, 3.63) is 52.3 Å². The Morgan fingerprint density at radius 1 is 1.32 bits per heavy atom. The smallest absolute Gasteiger partial charge is 0.257 e. The van der Waals surface area contributed by atoms with E-state index in [1.807, 2.05) is 12.1 Å². The van der Waals surface area contributed by atoms with Crippen LogP contribution < -0.4 is 20.3 Å². The van der Waals surface area contributed by atoms with Gasteiger partial charge in [0.1, 0.15) is 5.82 Å². The van der Waals surface area contributed by atoms with Crippen LogP contribution in [-0.2, 0) is 4.79 Å². The first-order valence-electron chi connectivity index (χ1n) is 7.73. The number of aromatic nitrogens is 2. The Labute approximate surface area is 147 Å². The zero-order chi connectivity index (χ0) is 17.4. The van der Waals surface area contributed by atoms with Crippen molar-refractivity contribution in [1.82, 2.24) is 9.97 Å². The van der Waals surface area contributed by atoms with Crippen molar-refractivity contribution in [1.29, 1.82) is 0 Å². The van der Waals surface area contributed by atoms with Gasteiger partial charge >= 0.3 is 0 Å². The third-order valence-electron chi connectivity index (χ3n) is 4.07. The predicted octanol–water partition coefficient (Wildman–Crippen LogP) is 2.25. The molecule has 2 aliphatic heterocycles. The average molecular weight is 357 g/mol. The van der Waals surface area contributed by atoms with E-state index in [0.29, 0.717) is 33.8 Å². The van der Waals surface area contributed by atoms with Gasteiger partial charge in [-0.3, -0.25) is 9.59 Å². The predicted molar refractivity (Wildman–Crippen MR) is 93.4 cm³/mol. The van der Waals surface area contributed by atoms with E-state index in [-0.39, 0.29) is 30.6 Å². The number of ether oxygens (including phenoxy) is 2. The maximum atomic E-state index is 12.6. The van der Waals surface area contributed by atoms with Gasteiger partial charge < -0.3 is 19.8 Å². The molecule has 2 aromatic rings. The van der Waals surface area contributed by atoms with E-state index in [1.165, 1.54) is 11.8 Å². The number of benzene rings is 1. The zero-order valence-corrected chi connectivity index (χ0v) is 14.0. The molecule has 1 amide bonds. The largest absolute Gasteiger partial charge is 0.454 e. The summed E-state index contributed by atoms with van der Waals surface area (Å²) in [4.78, 5) is 31.9. The fourth-order valence-corrected chi connectivity index (χ4v) is 3.57. The number of nitrogens with zero attached hydrogens (tertiary/aromatic N) is 1. The second-order valence-corrected chi connectivity index (χ2v) is 6.66. The lowest BCUT2D eigenvalue weighted by Gasteiger charge is -2.24. The first-order valence-corrected chi connectivity index (χ1v) is 8.71. The Kier molecular flexibility index (Phi) is 3.96. The maximum absolute atomic E-state index is 12.6. The molecule has 3 heterocycles. The summed E-state index contributed by atoms with van der Waals surface area (Å²) in [6.07, 6.45) is 1.90. The standard InChI is InChI=1S/C17H15N3O4S/c1-2-5-25-17-19-15-14(16(22)20-17)10(7-13(21)18-15)9-3-4-11-12(6-9)24-8-23-11/h2-4,6,10H,1,5,7-8H2,(H2,18,19,20,21,22). The molecule has 1 aromatic heterocycles. The number of hydrogen-bond donors (Lipinski definition) is 2. The SMILES string of the molecule is C=CCSc1nc2c(c(=O)[nH]1)C(c1ccc3c(c1)OCO3)CC(=O)N2. The van der Waals surface area contributed by atoms with E-state index in [1.54, 1.807) is 12.1 Å². The first kappa shape index (κ1) is 15.8. The van der Waals surface area contributed by atoms with Gasteiger partial charge in [0.25, 0.3) is 5.56 Å². The summed E-state index contributed by atoms with van der Waals surface area (Å²) in [6.45, 7) is 3.82. The van der Waals surface area contributed by atoms with E-state index < -0.39 is 0 Å². The third kappa shape index (κ3) is 2.89. The van der Waals surface area contributed by atoms with Crippen LogP contribution in [0.4, 0.5) is 5.82 Å². The molecule has 0 radical (unpaired) electrons. The van der Waals surface area contributed by atoms with Crippen LogP contribution >= 0.6 is 11.8 Å². The first-order chi connectivity index (χ1) is 12.2. The molecule has 2 aliphatic rings. The summed E-state index contributed by atoms with van der Waals surface area (Å²) in [5.74, 6) is 1.65. The molecule has 0 spiro atoms. The van der Waals surface area contributed by atoms with Crippen LogP contribution in [0.5, 0.6) is 11.5 Å². The molecule has 1 atom stereocenters. The minimum atomic E-state index is -0.382. The second-order valence-electron chi connectivity index (χ2n) is 5.65. The summed E-state index contributed by atoms with van der Waals surface area (Å²) < 4.78 is 10.7. The average Bonchev–Trinajstić information content (AvgIpc) is 3.06. The van der Waals surface area contributed by atoms with Crippen molar-refractivity contribution in [3.63, 3.8) is 0 Å². The van der Waals surface area contributed by atoms with Crippen molar-refractivity contribution in [2.45, 2.75) is 17.5 Å².